The highest BCUT2D eigenvalue weighted by Crippen LogP contribution is 2.36. The van der Waals surface area contributed by atoms with Crippen molar-refractivity contribution in [2.24, 2.45) is 5.92 Å². The van der Waals surface area contributed by atoms with Crippen LogP contribution >= 0.6 is 11.6 Å². The molecule has 0 saturated carbocycles. The third-order valence-corrected chi connectivity index (χ3v) is 4.10. The van der Waals surface area contributed by atoms with Crippen LogP contribution in [0.1, 0.15) is 43.2 Å². The van der Waals surface area contributed by atoms with Gasteiger partial charge in [-0.3, -0.25) is 0 Å². The van der Waals surface area contributed by atoms with E-state index in [2.05, 4.69) is 32.0 Å². The van der Waals surface area contributed by atoms with Gasteiger partial charge in [-0.25, -0.2) is 0 Å². The summed E-state index contributed by atoms with van der Waals surface area (Å²) in [5.41, 5.74) is 2.56. The van der Waals surface area contributed by atoms with E-state index in [1.165, 1.54) is 11.1 Å². The van der Waals surface area contributed by atoms with Crippen LogP contribution in [0.2, 0.25) is 0 Å². The summed E-state index contributed by atoms with van der Waals surface area (Å²) in [6.07, 6.45) is 3.30. The Morgan fingerprint density at radius 3 is 2.75 bits per heavy atom. The van der Waals surface area contributed by atoms with Gasteiger partial charge in [0.15, 0.2) is 0 Å². The van der Waals surface area contributed by atoms with Crippen molar-refractivity contribution in [3.05, 3.63) is 29.3 Å². The minimum absolute atomic E-state index is 0.140. The Balaban J connectivity index is 2.20. The molecule has 0 spiro atoms. The van der Waals surface area contributed by atoms with E-state index in [1.807, 2.05) is 0 Å². The first kappa shape index (κ1) is 11.8. The first-order valence-electron chi connectivity index (χ1n) is 6.16. The van der Waals surface area contributed by atoms with Gasteiger partial charge in [-0.2, -0.15) is 0 Å². The average Bonchev–Trinajstić information content (AvgIpc) is 2.77. The van der Waals surface area contributed by atoms with Crippen molar-refractivity contribution in [2.45, 2.75) is 38.5 Å². The summed E-state index contributed by atoms with van der Waals surface area (Å²) in [7, 11) is 0. The number of benzene rings is 1. The van der Waals surface area contributed by atoms with E-state index in [9.17, 15) is 0 Å². The van der Waals surface area contributed by atoms with Crippen LogP contribution in [0.4, 0.5) is 0 Å². The van der Waals surface area contributed by atoms with Crippen LogP contribution in [-0.4, -0.2) is 6.61 Å². The summed E-state index contributed by atoms with van der Waals surface area (Å²) in [5.74, 6) is 1.61. The van der Waals surface area contributed by atoms with E-state index < -0.39 is 0 Å². The van der Waals surface area contributed by atoms with Crippen LogP contribution < -0.4 is 4.74 Å². The zero-order valence-electron chi connectivity index (χ0n) is 10.0. The largest absolute Gasteiger partial charge is 0.493 e. The Hall–Kier alpha value is -0.690. The lowest BCUT2D eigenvalue weighted by Crippen LogP contribution is -2.06. The second kappa shape index (κ2) is 5.09. The Morgan fingerprint density at radius 2 is 2.06 bits per heavy atom. The first-order chi connectivity index (χ1) is 7.76. The molecule has 1 atom stereocenters. The summed E-state index contributed by atoms with van der Waals surface area (Å²) < 4.78 is 5.50. The summed E-state index contributed by atoms with van der Waals surface area (Å²) in [5, 5.41) is 0.140. The highest BCUT2D eigenvalue weighted by molar-refractivity contribution is 6.21. The van der Waals surface area contributed by atoms with Gasteiger partial charge in [-0.05, 0) is 23.1 Å². The quantitative estimate of drug-likeness (QED) is 0.710. The van der Waals surface area contributed by atoms with Crippen LogP contribution in [0.5, 0.6) is 5.75 Å². The molecule has 88 valence electrons. The summed E-state index contributed by atoms with van der Waals surface area (Å²) in [6, 6.07) is 6.40. The lowest BCUT2D eigenvalue weighted by molar-refractivity contribution is 0.356. The molecule has 0 radical (unpaired) electrons. The Kier molecular flexibility index (Phi) is 3.75. The topological polar surface area (TPSA) is 9.23 Å². The molecule has 2 rings (SSSR count). The summed E-state index contributed by atoms with van der Waals surface area (Å²) in [6.45, 7) is 5.23. The van der Waals surface area contributed by atoms with Crippen molar-refractivity contribution in [1.82, 2.24) is 0 Å². The molecule has 0 N–H and O–H groups in total. The number of halogens is 1. The van der Waals surface area contributed by atoms with Crippen molar-refractivity contribution < 1.29 is 4.74 Å². The normalized spacial score (nSPS) is 16.0. The number of fused-ring (bicyclic) bond motifs is 1. The SMILES string of the molecule is CCC(CC)C(Cl)c1ccc2c(c1)CCO2. The van der Waals surface area contributed by atoms with Crippen LogP contribution in [0.25, 0.3) is 0 Å². The molecule has 1 aliphatic rings. The van der Waals surface area contributed by atoms with E-state index in [0.717, 1.165) is 31.6 Å². The zero-order chi connectivity index (χ0) is 11.5. The second-order valence-corrected chi connectivity index (χ2v) is 4.91. The van der Waals surface area contributed by atoms with Gasteiger partial charge in [-0.15, -0.1) is 11.6 Å². The molecule has 16 heavy (non-hydrogen) atoms. The van der Waals surface area contributed by atoms with E-state index in [1.54, 1.807) is 0 Å². The highest BCUT2D eigenvalue weighted by Gasteiger charge is 2.20. The minimum atomic E-state index is 0.140. The van der Waals surface area contributed by atoms with Crippen LogP contribution in [-0.2, 0) is 6.42 Å². The summed E-state index contributed by atoms with van der Waals surface area (Å²) >= 11 is 6.53. The predicted octanol–water partition coefficient (Wildman–Crippen LogP) is 4.34. The number of hydrogen-bond donors (Lipinski definition) is 0. The monoisotopic (exact) mass is 238 g/mol. The predicted molar refractivity (Wildman–Crippen MR) is 68.3 cm³/mol. The number of hydrogen-bond acceptors (Lipinski definition) is 1. The molecule has 1 aliphatic heterocycles. The van der Waals surface area contributed by atoms with Gasteiger partial charge in [0.25, 0.3) is 0 Å². The molecular formula is C14H19ClO. The number of alkyl halides is 1. The third-order valence-electron chi connectivity index (χ3n) is 3.49. The molecule has 1 aromatic carbocycles. The molecule has 0 aliphatic carbocycles. The van der Waals surface area contributed by atoms with Crippen LogP contribution in [0.3, 0.4) is 0 Å². The summed E-state index contributed by atoms with van der Waals surface area (Å²) in [4.78, 5) is 0. The molecular weight excluding hydrogens is 220 g/mol. The highest BCUT2D eigenvalue weighted by atomic mass is 35.5. The van der Waals surface area contributed by atoms with Gasteiger partial charge in [0.05, 0.1) is 12.0 Å². The maximum absolute atomic E-state index is 6.53. The molecule has 0 amide bonds. The Bertz CT molecular complexity index is 358. The molecule has 2 heteroatoms. The minimum Gasteiger partial charge on any atom is -0.493 e. The van der Waals surface area contributed by atoms with Crippen molar-refractivity contribution in [3.63, 3.8) is 0 Å². The first-order valence-corrected chi connectivity index (χ1v) is 6.59. The second-order valence-electron chi connectivity index (χ2n) is 4.44. The van der Waals surface area contributed by atoms with E-state index in [-0.39, 0.29) is 5.38 Å². The number of rotatable bonds is 4. The average molecular weight is 239 g/mol. The van der Waals surface area contributed by atoms with E-state index in [4.69, 9.17) is 16.3 Å². The van der Waals surface area contributed by atoms with Gasteiger partial charge in [-0.1, -0.05) is 38.8 Å². The van der Waals surface area contributed by atoms with Crippen molar-refractivity contribution in [2.75, 3.05) is 6.61 Å². The van der Waals surface area contributed by atoms with Crippen molar-refractivity contribution in [1.29, 1.82) is 0 Å². The Labute approximate surface area is 103 Å². The van der Waals surface area contributed by atoms with Gasteiger partial charge < -0.3 is 4.74 Å². The molecule has 1 aromatic rings. The smallest absolute Gasteiger partial charge is 0.122 e. The molecule has 0 aromatic heterocycles. The van der Waals surface area contributed by atoms with Gasteiger partial charge in [0, 0.05) is 6.42 Å². The Morgan fingerprint density at radius 1 is 1.31 bits per heavy atom. The zero-order valence-corrected chi connectivity index (χ0v) is 10.8. The molecule has 1 nitrogen and oxygen atoms in total. The number of ether oxygens (including phenoxy) is 1. The van der Waals surface area contributed by atoms with Crippen molar-refractivity contribution >= 4 is 11.6 Å². The van der Waals surface area contributed by atoms with E-state index in [0.29, 0.717) is 5.92 Å². The molecule has 1 unspecified atom stereocenters. The molecule has 0 fully saturated rings. The molecule has 0 bridgehead atoms. The van der Waals surface area contributed by atoms with Gasteiger partial charge in [0.1, 0.15) is 5.75 Å². The maximum atomic E-state index is 6.53. The fraction of sp³-hybridized carbons (Fsp3) is 0.571. The fourth-order valence-corrected chi connectivity index (χ4v) is 2.84. The van der Waals surface area contributed by atoms with Crippen molar-refractivity contribution in [3.8, 4) is 5.75 Å². The molecule has 1 heterocycles. The lowest BCUT2D eigenvalue weighted by Gasteiger charge is -2.20. The maximum Gasteiger partial charge on any atom is 0.122 e. The van der Waals surface area contributed by atoms with Gasteiger partial charge in [0.2, 0.25) is 0 Å². The van der Waals surface area contributed by atoms with Crippen LogP contribution in [0, 0.1) is 5.92 Å². The van der Waals surface area contributed by atoms with Gasteiger partial charge >= 0.3 is 0 Å². The lowest BCUT2D eigenvalue weighted by atomic mass is 9.93. The molecule has 0 saturated heterocycles. The van der Waals surface area contributed by atoms with Crippen LogP contribution in [0.15, 0.2) is 18.2 Å². The standard InChI is InChI=1S/C14H19ClO/c1-3-10(4-2)14(15)12-5-6-13-11(9-12)7-8-16-13/h5-6,9-10,14H,3-4,7-8H2,1-2H3. The van der Waals surface area contributed by atoms with E-state index >= 15 is 0 Å². The fourth-order valence-electron chi connectivity index (χ4n) is 2.35. The third kappa shape index (κ3) is 2.20.